The molecule has 0 heterocycles. The number of carbonyl (C=O) groups excluding carboxylic acids is 1. The number of halogens is 1. The zero-order valence-corrected chi connectivity index (χ0v) is 20.3. The quantitative estimate of drug-likeness (QED) is 0.152. The first-order chi connectivity index (χ1) is 13.7. The first kappa shape index (κ1) is 27.6. The summed E-state index contributed by atoms with van der Waals surface area (Å²) in [4.78, 5) is 16.4. The highest BCUT2D eigenvalue weighted by molar-refractivity contribution is 14.0. The lowest BCUT2D eigenvalue weighted by Gasteiger charge is -2.12. The van der Waals surface area contributed by atoms with E-state index in [-0.39, 0.29) is 29.9 Å². The number of nitrogens with one attached hydrogen (secondary N) is 3. The van der Waals surface area contributed by atoms with Gasteiger partial charge in [-0.05, 0) is 38.0 Å². The Morgan fingerprint density at radius 2 is 1.55 bits per heavy atom. The fourth-order valence-corrected chi connectivity index (χ4v) is 2.35. The predicted molar refractivity (Wildman–Crippen MR) is 129 cm³/mol. The van der Waals surface area contributed by atoms with Crippen LogP contribution in [0.2, 0.25) is 0 Å². The lowest BCUT2D eigenvalue weighted by molar-refractivity contribution is 0.0487. The molecule has 3 N–H and O–H groups in total. The molecule has 1 rings (SSSR count). The van der Waals surface area contributed by atoms with Crippen LogP contribution in [0.3, 0.4) is 0 Å². The summed E-state index contributed by atoms with van der Waals surface area (Å²) in [5, 5.41) is 9.27. The number of hydrogen-bond donors (Lipinski definition) is 3. The molecule has 0 spiro atoms. The summed E-state index contributed by atoms with van der Waals surface area (Å²) in [5.41, 5.74) is 1.71. The van der Waals surface area contributed by atoms with Crippen molar-refractivity contribution in [3.8, 4) is 0 Å². The number of ether oxygens (including phenoxy) is 2. The van der Waals surface area contributed by atoms with Crippen LogP contribution >= 0.6 is 24.0 Å². The standard InChI is InChI=1S/C21H36N4O3.HI/c1-4-7-13-27-15-16-28-14-12-24-21(23-6-3)25-17-18-8-10-19(11-9-18)20(26)22-5-2;/h8-11H,4-7,12-17H2,1-3H3,(H,22,26)(H2,23,24,25);1H. The maximum absolute atomic E-state index is 11.8. The zero-order valence-electron chi connectivity index (χ0n) is 18.0. The summed E-state index contributed by atoms with van der Waals surface area (Å²) in [6, 6.07) is 7.51. The number of nitrogens with zero attached hydrogens (tertiary/aromatic N) is 1. The average molecular weight is 520 g/mol. The molecule has 0 saturated heterocycles. The van der Waals surface area contributed by atoms with E-state index in [9.17, 15) is 4.79 Å². The minimum Gasteiger partial charge on any atom is -0.379 e. The van der Waals surface area contributed by atoms with Crippen molar-refractivity contribution in [2.75, 3.05) is 46.1 Å². The Morgan fingerprint density at radius 3 is 2.17 bits per heavy atom. The van der Waals surface area contributed by atoms with Crippen LogP contribution in [0.1, 0.15) is 49.5 Å². The van der Waals surface area contributed by atoms with E-state index in [1.54, 1.807) is 0 Å². The first-order valence-electron chi connectivity index (χ1n) is 10.3. The molecule has 0 aliphatic carbocycles. The van der Waals surface area contributed by atoms with Crippen molar-refractivity contribution in [3.05, 3.63) is 35.4 Å². The summed E-state index contributed by atoms with van der Waals surface area (Å²) in [7, 11) is 0. The van der Waals surface area contributed by atoms with Gasteiger partial charge in [0, 0.05) is 31.8 Å². The molecule has 0 aliphatic rings. The molecule has 7 nitrogen and oxygen atoms in total. The summed E-state index contributed by atoms with van der Waals surface area (Å²) in [6.45, 7) is 11.4. The molecule has 166 valence electrons. The van der Waals surface area contributed by atoms with Crippen LogP contribution in [-0.4, -0.2) is 57.9 Å². The maximum Gasteiger partial charge on any atom is 0.251 e. The smallest absolute Gasteiger partial charge is 0.251 e. The molecule has 0 atom stereocenters. The lowest BCUT2D eigenvalue weighted by atomic mass is 10.1. The van der Waals surface area contributed by atoms with Crippen LogP contribution in [0.4, 0.5) is 0 Å². The van der Waals surface area contributed by atoms with E-state index in [2.05, 4.69) is 27.9 Å². The van der Waals surface area contributed by atoms with Crippen LogP contribution in [0, 0.1) is 0 Å². The number of guanidine groups is 1. The van der Waals surface area contributed by atoms with E-state index in [4.69, 9.17) is 9.47 Å². The van der Waals surface area contributed by atoms with Gasteiger partial charge >= 0.3 is 0 Å². The summed E-state index contributed by atoms with van der Waals surface area (Å²) in [6.07, 6.45) is 2.24. The van der Waals surface area contributed by atoms with Gasteiger partial charge in [-0.2, -0.15) is 0 Å². The molecule has 0 radical (unpaired) electrons. The van der Waals surface area contributed by atoms with Crippen molar-refractivity contribution in [2.45, 2.75) is 40.2 Å². The molecule has 1 aromatic rings. The summed E-state index contributed by atoms with van der Waals surface area (Å²) < 4.78 is 11.0. The van der Waals surface area contributed by atoms with Gasteiger partial charge in [0.2, 0.25) is 0 Å². The molecular formula is C21H37IN4O3. The average Bonchev–Trinajstić information content (AvgIpc) is 2.71. The highest BCUT2D eigenvalue weighted by atomic mass is 127. The Bertz CT molecular complexity index is 568. The Balaban J connectivity index is 0.00000784. The number of unbranched alkanes of at least 4 members (excludes halogenated alkanes) is 1. The zero-order chi connectivity index (χ0) is 20.5. The molecule has 8 heteroatoms. The van der Waals surface area contributed by atoms with E-state index in [0.717, 1.165) is 37.5 Å². The van der Waals surface area contributed by atoms with Crippen molar-refractivity contribution >= 4 is 35.8 Å². The van der Waals surface area contributed by atoms with Crippen LogP contribution in [0.25, 0.3) is 0 Å². The number of carbonyl (C=O) groups is 1. The molecule has 0 unspecified atom stereocenters. The van der Waals surface area contributed by atoms with Gasteiger partial charge in [-0.15, -0.1) is 24.0 Å². The van der Waals surface area contributed by atoms with Crippen LogP contribution in [0.5, 0.6) is 0 Å². The number of amides is 1. The minimum absolute atomic E-state index is 0. The molecule has 0 aliphatic heterocycles. The third-order valence-electron chi connectivity index (χ3n) is 3.87. The maximum atomic E-state index is 11.8. The van der Waals surface area contributed by atoms with E-state index in [0.29, 0.717) is 45.0 Å². The SMILES string of the molecule is CCCCOCCOCCNC(=NCc1ccc(C(=O)NCC)cc1)NCC.I. The molecule has 0 aromatic heterocycles. The highest BCUT2D eigenvalue weighted by Gasteiger charge is 2.03. The second-order valence-corrected chi connectivity index (χ2v) is 6.26. The van der Waals surface area contributed by atoms with E-state index in [1.807, 2.05) is 38.1 Å². The number of rotatable bonds is 14. The van der Waals surface area contributed by atoms with Gasteiger partial charge in [0.25, 0.3) is 5.91 Å². The molecule has 0 fully saturated rings. The van der Waals surface area contributed by atoms with E-state index < -0.39 is 0 Å². The van der Waals surface area contributed by atoms with Gasteiger partial charge in [0.15, 0.2) is 5.96 Å². The Kier molecular flexibility index (Phi) is 17.7. The van der Waals surface area contributed by atoms with Gasteiger partial charge in [0.1, 0.15) is 0 Å². The number of benzene rings is 1. The third kappa shape index (κ3) is 13.5. The van der Waals surface area contributed by atoms with Crippen molar-refractivity contribution in [2.24, 2.45) is 4.99 Å². The van der Waals surface area contributed by atoms with Crippen LogP contribution < -0.4 is 16.0 Å². The topological polar surface area (TPSA) is 84.0 Å². The second-order valence-electron chi connectivity index (χ2n) is 6.26. The monoisotopic (exact) mass is 520 g/mol. The van der Waals surface area contributed by atoms with Gasteiger partial charge < -0.3 is 25.4 Å². The van der Waals surface area contributed by atoms with Crippen molar-refractivity contribution in [1.82, 2.24) is 16.0 Å². The largest absolute Gasteiger partial charge is 0.379 e. The second kappa shape index (κ2) is 18.6. The Hall–Kier alpha value is -1.39. The van der Waals surface area contributed by atoms with Gasteiger partial charge in [-0.3, -0.25) is 4.79 Å². The van der Waals surface area contributed by atoms with Crippen molar-refractivity contribution in [3.63, 3.8) is 0 Å². The molecule has 1 amide bonds. The Morgan fingerprint density at radius 1 is 0.897 bits per heavy atom. The fourth-order valence-electron chi connectivity index (χ4n) is 2.35. The summed E-state index contributed by atoms with van der Waals surface area (Å²) in [5.74, 6) is 0.696. The molecule has 0 saturated carbocycles. The number of hydrogen-bond acceptors (Lipinski definition) is 4. The third-order valence-corrected chi connectivity index (χ3v) is 3.87. The predicted octanol–water partition coefficient (Wildman–Crippen LogP) is 2.94. The van der Waals surface area contributed by atoms with E-state index in [1.165, 1.54) is 0 Å². The summed E-state index contributed by atoms with van der Waals surface area (Å²) >= 11 is 0. The molecule has 0 bridgehead atoms. The van der Waals surface area contributed by atoms with Crippen molar-refractivity contribution in [1.29, 1.82) is 0 Å². The first-order valence-corrected chi connectivity index (χ1v) is 10.3. The van der Waals surface area contributed by atoms with Gasteiger partial charge in [-0.25, -0.2) is 4.99 Å². The lowest BCUT2D eigenvalue weighted by Crippen LogP contribution is -2.39. The molecule has 29 heavy (non-hydrogen) atoms. The van der Waals surface area contributed by atoms with Crippen LogP contribution in [-0.2, 0) is 16.0 Å². The van der Waals surface area contributed by atoms with Gasteiger partial charge in [0.05, 0.1) is 26.4 Å². The molecular weight excluding hydrogens is 483 g/mol. The van der Waals surface area contributed by atoms with Gasteiger partial charge in [-0.1, -0.05) is 25.5 Å². The Labute approximate surface area is 192 Å². The van der Waals surface area contributed by atoms with Crippen LogP contribution in [0.15, 0.2) is 29.3 Å². The van der Waals surface area contributed by atoms with Crippen molar-refractivity contribution < 1.29 is 14.3 Å². The highest BCUT2D eigenvalue weighted by Crippen LogP contribution is 2.05. The number of aliphatic imine (C=N–C) groups is 1. The fraction of sp³-hybridized carbons (Fsp3) is 0.619. The molecule has 1 aromatic carbocycles. The normalized spacial score (nSPS) is 10.9. The minimum atomic E-state index is -0.0525. The van der Waals surface area contributed by atoms with E-state index >= 15 is 0 Å².